The van der Waals surface area contributed by atoms with Crippen molar-refractivity contribution in [3.8, 4) is 65.4 Å². The fourth-order valence-electron chi connectivity index (χ4n) is 12.6. The SMILES string of the molecule is c1ccc(-c2sc3cc(N(c4ccc(-c5ccncc5)cc4)c4cc5c6ccccc6c(N(c6ccc(-c7ccncc7)cc6)c6ccc7c(-c8ccccc8)c(-c8ccccc8)sc7c6)cc5c5ccccc45)ccc3c2-c2ccccc2)cc1. The third-order valence-electron chi connectivity index (χ3n) is 16.7. The molecule has 0 unspecified atom stereocenters. The summed E-state index contributed by atoms with van der Waals surface area (Å²) in [4.78, 5) is 16.1. The van der Waals surface area contributed by atoms with Crippen molar-refractivity contribution in [2.24, 2.45) is 0 Å². The molecule has 0 saturated heterocycles. The summed E-state index contributed by atoms with van der Waals surface area (Å²) < 4.78 is 2.45. The second-order valence-corrected chi connectivity index (χ2v) is 23.8. The fraction of sp³-hybridized carbons (Fsp3) is 0. The van der Waals surface area contributed by atoms with Crippen molar-refractivity contribution in [2.45, 2.75) is 0 Å². The van der Waals surface area contributed by atoms with Gasteiger partial charge in [0.15, 0.2) is 0 Å². The van der Waals surface area contributed by atoms with Gasteiger partial charge in [-0.1, -0.05) is 206 Å². The van der Waals surface area contributed by atoms with Gasteiger partial charge in [0, 0.05) is 99.4 Å². The van der Waals surface area contributed by atoms with Crippen LogP contribution in [-0.2, 0) is 0 Å². The van der Waals surface area contributed by atoms with E-state index in [1.807, 2.05) is 47.5 Å². The van der Waals surface area contributed by atoms with E-state index >= 15 is 0 Å². The minimum atomic E-state index is 1.06. The molecule has 16 rings (SSSR count). The number of anilines is 6. The van der Waals surface area contributed by atoms with Gasteiger partial charge in [-0.25, -0.2) is 0 Å². The van der Waals surface area contributed by atoms with E-state index in [2.05, 4.69) is 311 Å². The highest BCUT2D eigenvalue weighted by atomic mass is 32.1. The third kappa shape index (κ3) is 9.07. The topological polar surface area (TPSA) is 32.3 Å². The number of hydrogen-bond acceptors (Lipinski definition) is 6. The molecule has 0 N–H and O–H groups in total. The Labute approximate surface area is 507 Å². The van der Waals surface area contributed by atoms with Crippen molar-refractivity contribution in [3.63, 3.8) is 0 Å². The molecule has 0 radical (unpaired) electrons. The van der Waals surface area contributed by atoms with E-state index in [4.69, 9.17) is 0 Å². The Morgan fingerprint density at radius 2 is 0.535 bits per heavy atom. The van der Waals surface area contributed by atoms with E-state index in [1.54, 1.807) is 0 Å². The second kappa shape index (κ2) is 21.8. The van der Waals surface area contributed by atoms with Crippen molar-refractivity contribution >= 4 is 109 Å². The standard InChI is InChI=1S/C80H52N4S2/c1-5-17-57(18-6-1)77-69-39-37-63(49-75(69)85-79(77)59-21-9-3-10-22-59)83(61-33-29-53(30-34-61)55-41-45-81-46-42-55)73-51-71-66-26-14-16-28-68(66)74(52-72(71)65-25-13-15-27-67(65)73)84(62-35-31-54(32-36-62)56-43-47-82-48-44-56)64-38-40-70-76(50-64)86-80(60-23-11-4-12-24-60)78(70)58-19-7-2-8-20-58/h1-52H. The van der Waals surface area contributed by atoms with Gasteiger partial charge in [0.1, 0.15) is 0 Å². The van der Waals surface area contributed by atoms with Crippen LogP contribution in [0.4, 0.5) is 34.1 Å². The van der Waals surface area contributed by atoms with Crippen molar-refractivity contribution in [1.29, 1.82) is 0 Å². The molecular weight excluding hydrogens is 1080 g/mol. The minimum absolute atomic E-state index is 1.06. The Kier molecular flexibility index (Phi) is 12.9. The summed E-state index contributed by atoms with van der Waals surface area (Å²) in [6.45, 7) is 0. The zero-order valence-corrected chi connectivity index (χ0v) is 48.3. The first-order chi connectivity index (χ1) is 42.7. The van der Waals surface area contributed by atoms with Gasteiger partial charge in [-0.05, 0) is 151 Å². The molecule has 0 saturated carbocycles. The van der Waals surface area contributed by atoms with Crippen molar-refractivity contribution in [1.82, 2.24) is 9.97 Å². The van der Waals surface area contributed by atoms with Crippen LogP contribution >= 0.6 is 22.7 Å². The van der Waals surface area contributed by atoms with Gasteiger partial charge in [-0.15, -0.1) is 22.7 Å². The number of rotatable bonds is 12. The highest BCUT2D eigenvalue weighted by Gasteiger charge is 2.25. The van der Waals surface area contributed by atoms with Gasteiger partial charge >= 0.3 is 0 Å². The van der Waals surface area contributed by atoms with Crippen LogP contribution in [0, 0.1) is 0 Å². The monoisotopic (exact) mass is 1130 g/mol. The maximum Gasteiger partial charge on any atom is 0.0546 e. The predicted octanol–water partition coefficient (Wildman–Crippen LogP) is 23.3. The molecule has 0 spiro atoms. The lowest BCUT2D eigenvalue weighted by atomic mass is 9.93. The number of aromatic nitrogens is 2. The van der Waals surface area contributed by atoms with Crippen LogP contribution in [0.25, 0.3) is 118 Å². The quantitative estimate of drug-likeness (QED) is 0.114. The summed E-state index contributed by atoms with van der Waals surface area (Å²) in [7, 11) is 0. The molecule has 0 atom stereocenters. The van der Waals surface area contributed by atoms with Crippen LogP contribution in [0.5, 0.6) is 0 Å². The Bertz CT molecular complexity index is 4800. The van der Waals surface area contributed by atoms with Crippen LogP contribution < -0.4 is 9.80 Å². The maximum atomic E-state index is 4.32. The van der Waals surface area contributed by atoms with E-state index in [0.717, 1.165) is 67.2 Å². The second-order valence-electron chi connectivity index (χ2n) is 21.7. The number of benzene rings is 12. The highest BCUT2D eigenvalue weighted by molar-refractivity contribution is 7.23. The van der Waals surface area contributed by atoms with Gasteiger partial charge in [-0.3, -0.25) is 9.97 Å². The lowest BCUT2D eigenvalue weighted by Crippen LogP contribution is -2.12. The summed E-state index contributed by atoms with van der Waals surface area (Å²) in [6, 6.07) is 107. The molecule has 0 aliphatic carbocycles. The highest BCUT2D eigenvalue weighted by Crippen LogP contribution is 2.52. The van der Waals surface area contributed by atoms with Crippen LogP contribution in [0.15, 0.2) is 316 Å². The zero-order chi connectivity index (χ0) is 56.9. The van der Waals surface area contributed by atoms with Gasteiger partial charge in [0.25, 0.3) is 0 Å². The van der Waals surface area contributed by atoms with Crippen LogP contribution in [0.2, 0.25) is 0 Å². The molecule has 4 heterocycles. The van der Waals surface area contributed by atoms with Gasteiger partial charge in [-0.2, -0.15) is 0 Å². The lowest BCUT2D eigenvalue weighted by molar-refractivity contribution is 1.30. The molecule has 12 aromatic carbocycles. The summed E-state index contributed by atoms with van der Waals surface area (Å²) in [5, 5.41) is 9.46. The van der Waals surface area contributed by atoms with E-state index in [0.29, 0.717) is 0 Å². The first-order valence-electron chi connectivity index (χ1n) is 29.0. The van der Waals surface area contributed by atoms with Crippen molar-refractivity contribution < 1.29 is 0 Å². The summed E-state index contributed by atoms with van der Waals surface area (Å²) in [6.07, 6.45) is 7.45. The zero-order valence-electron chi connectivity index (χ0n) is 46.6. The predicted molar refractivity (Wildman–Crippen MR) is 367 cm³/mol. The summed E-state index contributed by atoms with van der Waals surface area (Å²) in [5.74, 6) is 0. The molecular formula is C80H52N4S2. The van der Waals surface area contributed by atoms with E-state index in [1.165, 1.54) is 84.9 Å². The number of fused-ring (bicyclic) bond motifs is 7. The third-order valence-corrected chi connectivity index (χ3v) is 19.1. The molecule has 0 bridgehead atoms. The Morgan fingerprint density at radius 1 is 0.221 bits per heavy atom. The van der Waals surface area contributed by atoms with E-state index in [9.17, 15) is 0 Å². The molecule has 4 nitrogen and oxygen atoms in total. The molecule has 0 fully saturated rings. The molecule has 16 aromatic rings. The van der Waals surface area contributed by atoms with Gasteiger partial charge in [0.05, 0.1) is 11.4 Å². The van der Waals surface area contributed by atoms with Crippen LogP contribution in [0.3, 0.4) is 0 Å². The number of nitrogens with zero attached hydrogens (tertiary/aromatic N) is 4. The number of hydrogen-bond donors (Lipinski definition) is 0. The summed E-state index contributed by atoms with van der Waals surface area (Å²) in [5.41, 5.74) is 18.4. The average Bonchev–Trinajstić information content (AvgIpc) is 1.29. The first kappa shape index (κ1) is 50.9. The number of pyridine rings is 2. The maximum absolute atomic E-state index is 4.32. The molecule has 4 aromatic heterocycles. The van der Waals surface area contributed by atoms with Crippen molar-refractivity contribution in [2.75, 3.05) is 9.80 Å². The Morgan fingerprint density at radius 3 is 0.907 bits per heavy atom. The molecule has 0 aliphatic heterocycles. The lowest BCUT2D eigenvalue weighted by Gasteiger charge is -2.30. The Hall–Kier alpha value is -10.8. The smallest absolute Gasteiger partial charge is 0.0546 e. The molecule has 0 amide bonds. The number of thiophene rings is 2. The molecule has 404 valence electrons. The van der Waals surface area contributed by atoms with Crippen LogP contribution in [-0.4, -0.2) is 9.97 Å². The molecule has 0 aliphatic rings. The van der Waals surface area contributed by atoms with Crippen LogP contribution in [0.1, 0.15) is 0 Å². The Balaban J connectivity index is 0.921. The van der Waals surface area contributed by atoms with E-state index < -0.39 is 0 Å². The normalized spacial score (nSPS) is 11.5. The van der Waals surface area contributed by atoms with Gasteiger partial charge < -0.3 is 9.80 Å². The summed E-state index contributed by atoms with van der Waals surface area (Å²) >= 11 is 3.73. The fourth-order valence-corrected chi connectivity index (χ4v) is 15.2. The van der Waals surface area contributed by atoms with E-state index in [-0.39, 0.29) is 0 Å². The first-order valence-corrected chi connectivity index (χ1v) is 30.6. The minimum Gasteiger partial charge on any atom is -0.310 e. The average molecular weight is 1130 g/mol. The molecule has 6 heteroatoms. The van der Waals surface area contributed by atoms with Gasteiger partial charge in [0.2, 0.25) is 0 Å². The largest absolute Gasteiger partial charge is 0.310 e. The van der Waals surface area contributed by atoms with Crippen molar-refractivity contribution in [3.05, 3.63) is 316 Å². The molecule has 86 heavy (non-hydrogen) atoms.